The Morgan fingerprint density at radius 1 is 1.08 bits per heavy atom. The van der Waals surface area contributed by atoms with Gasteiger partial charge >= 0.3 is 0 Å². The smallest absolute Gasteiger partial charge is 0.262 e. The zero-order valence-electron chi connectivity index (χ0n) is 21.0. The van der Waals surface area contributed by atoms with Crippen LogP contribution in [0.4, 0.5) is 0 Å². The van der Waals surface area contributed by atoms with Gasteiger partial charge in [-0.15, -0.1) is 0 Å². The first-order chi connectivity index (χ1) is 17.3. The van der Waals surface area contributed by atoms with Crippen LogP contribution in [0.2, 0.25) is 0 Å². The van der Waals surface area contributed by atoms with Gasteiger partial charge < -0.3 is 14.8 Å². The Labute approximate surface area is 213 Å². The van der Waals surface area contributed by atoms with Crippen molar-refractivity contribution in [3.05, 3.63) is 48.4 Å². The summed E-state index contributed by atoms with van der Waals surface area (Å²) in [6.07, 6.45) is 9.68. The predicted molar refractivity (Wildman–Crippen MR) is 136 cm³/mol. The van der Waals surface area contributed by atoms with E-state index in [9.17, 15) is 18.0 Å². The number of rotatable bonds is 6. The fourth-order valence-corrected chi connectivity index (χ4v) is 6.91. The van der Waals surface area contributed by atoms with Crippen molar-refractivity contribution >= 4 is 21.8 Å². The van der Waals surface area contributed by atoms with E-state index in [1.54, 1.807) is 16.5 Å². The molecule has 1 aromatic carbocycles. The van der Waals surface area contributed by atoms with E-state index in [4.69, 9.17) is 0 Å². The number of hydrogen-bond acceptors (Lipinski definition) is 5. The summed E-state index contributed by atoms with van der Waals surface area (Å²) in [6, 6.07) is 8.56. The third kappa shape index (κ3) is 6.53. The minimum Gasteiger partial charge on any atom is -0.354 e. The van der Waals surface area contributed by atoms with Gasteiger partial charge in [0.25, 0.3) is 10.0 Å². The highest BCUT2D eigenvalue weighted by atomic mass is 32.2. The second-order valence-electron chi connectivity index (χ2n) is 9.90. The van der Waals surface area contributed by atoms with Gasteiger partial charge in [0.2, 0.25) is 11.8 Å². The number of imidazole rings is 1. The molecule has 1 aliphatic heterocycles. The fraction of sp³-hybridized carbons (Fsp3) is 0.577. The molecule has 2 aliphatic rings. The molecule has 2 amide bonds. The van der Waals surface area contributed by atoms with Crippen LogP contribution in [0.15, 0.2) is 47.9 Å². The number of sulfonamides is 1. The number of benzene rings is 1. The number of aryl methyl sites for hydroxylation is 1. The molecule has 36 heavy (non-hydrogen) atoms. The van der Waals surface area contributed by atoms with Gasteiger partial charge in [-0.1, -0.05) is 56.0 Å². The van der Waals surface area contributed by atoms with Crippen molar-refractivity contribution in [1.82, 2.24) is 24.1 Å². The van der Waals surface area contributed by atoms with Gasteiger partial charge in [0.15, 0.2) is 5.03 Å². The van der Waals surface area contributed by atoms with E-state index in [2.05, 4.69) is 10.3 Å². The van der Waals surface area contributed by atoms with E-state index >= 15 is 0 Å². The number of nitrogens with one attached hydrogen (secondary N) is 1. The zero-order valence-corrected chi connectivity index (χ0v) is 21.8. The van der Waals surface area contributed by atoms with Gasteiger partial charge in [0, 0.05) is 52.3 Å². The monoisotopic (exact) mass is 515 g/mol. The number of amides is 2. The molecule has 2 heterocycles. The van der Waals surface area contributed by atoms with Crippen LogP contribution in [0, 0.1) is 5.92 Å². The summed E-state index contributed by atoms with van der Waals surface area (Å²) in [6.45, 7) is 1.40. The third-order valence-corrected chi connectivity index (χ3v) is 9.06. The summed E-state index contributed by atoms with van der Waals surface area (Å²) in [5, 5.41) is 2.85. The molecule has 0 spiro atoms. The molecule has 1 saturated heterocycles. The average Bonchev–Trinajstić information content (AvgIpc) is 3.54. The lowest BCUT2D eigenvalue weighted by Crippen LogP contribution is -2.39. The molecule has 4 rings (SSSR count). The Balaban J connectivity index is 1.57. The van der Waals surface area contributed by atoms with Crippen LogP contribution in [-0.4, -0.2) is 65.2 Å². The largest absolute Gasteiger partial charge is 0.354 e. The summed E-state index contributed by atoms with van der Waals surface area (Å²) in [4.78, 5) is 31.9. The first-order valence-electron chi connectivity index (χ1n) is 12.9. The van der Waals surface area contributed by atoms with Gasteiger partial charge in [-0.2, -0.15) is 4.31 Å². The van der Waals surface area contributed by atoms with Crippen molar-refractivity contribution in [2.24, 2.45) is 13.0 Å². The number of nitrogens with zero attached hydrogens (tertiary/aromatic N) is 4. The lowest BCUT2D eigenvalue weighted by molar-refractivity contribution is -0.132. The molecule has 10 heteroatoms. The molecule has 2 fully saturated rings. The zero-order chi connectivity index (χ0) is 25.5. The molecule has 2 aromatic rings. The summed E-state index contributed by atoms with van der Waals surface area (Å²) < 4.78 is 30.5. The van der Waals surface area contributed by atoms with Crippen LogP contribution in [-0.2, 0) is 26.7 Å². The van der Waals surface area contributed by atoms with Gasteiger partial charge in [-0.3, -0.25) is 9.59 Å². The first-order valence-corrected chi connectivity index (χ1v) is 14.4. The van der Waals surface area contributed by atoms with Crippen LogP contribution in [0.3, 0.4) is 0 Å². The summed E-state index contributed by atoms with van der Waals surface area (Å²) >= 11 is 0. The maximum absolute atomic E-state index is 13.7. The minimum absolute atomic E-state index is 0.00823. The lowest BCUT2D eigenvalue weighted by atomic mass is 10.0. The van der Waals surface area contributed by atoms with Crippen molar-refractivity contribution in [1.29, 1.82) is 0 Å². The van der Waals surface area contributed by atoms with E-state index in [0.717, 1.165) is 12.0 Å². The van der Waals surface area contributed by atoms with Crippen molar-refractivity contribution < 1.29 is 18.0 Å². The van der Waals surface area contributed by atoms with Crippen LogP contribution in [0.5, 0.6) is 0 Å². The first kappa shape index (κ1) is 26.3. The maximum Gasteiger partial charge on any atom is 0.262 e. The van der Waals surface area contributed by atoms with Gasteiger partial charge in [-0.25, -0.2) is 13.4 Å². The molecule has 9 nitrogen and oxygen atoms in total. The summed E-state index contributed by atoms with van der Waals surface area (Å²) in [5.41, 5.74) is 0.746. The Bertz CT molecular complexity index is 1130. The quantitative estimate of drug-likeness (QED) is 0.637. The molecule has 1 atom stereocenters. The highest BCUT2D eigenvalue weighted by molar-refractivity contribution is 7.89. The second kappa shape index (κ2) is 12.0. The van der Waals surface area contributed by atoms with E-state index in [0.29, 0.717) is 38.4 Å². The molecule has 196 valence electrons. The third-order valence-electron chi connectivity index (χ3n) is 7.27. The van der Waals surface area contributed by atoms with Crippen LogP contribution in [0.25, 0.3) is 0 Å². The normalized spacial score (nSPS) is 21.2. The van der Waals surface area contributed by atoms with Crippen LogP contribution < -0.4 is 5.32 Å². The average molecular weight is 516 g/mol. The summed E-state index contributed by atoms with van der Waals surface area (Å²) in [7, 11) is -2.26. The Hall–Kier alpha value is -2.72. The molecule has 0 bridgehead atoms. The minimum atomic E-state index is -3.98. The molecule has 0 radical (unpaired) electrons. The SMILES string of the molecule is Cn1cnc(S(=O)(=O)N2CCCN(C(=O)CCC3CCCC3)CCNC(=O)CC2c2ccccc2)c1. The molecule has 1 unspecified atom stereocenters. The maximum atomic E-state index is 13.7. The molecule has 1 saturated carbocycles. The molecule has 1 N–H and O–H groups in total. The molecule has 1 aromatic heterocycles. The van der Waals surface area contributed by atoms with Gasteiger partial charge in [0.05, 0.1) is 12.4 Å². The molecular weight excluding hydrogens is 478 g/mol. The Kier molecular flexibility index (Phi) is 8.79. The number of carbonyl (C=O) groups excluding carboxylic acids is 2. The number of hydrogen-bond donors (Lipinski definition) is 1. The second-order valence-corrected chi connectivity index (χ2v) is 11.7. The molecular formula is C26H37N5O4S. The van der Waals surface area contributed by atoms with Crippen molar-refractivity contribution in [2.45, 2.75) is 62.4 Å². The highest BCUT2D eigenvalue weighted by Gasteiger charge is 2.35. The number of carbonyl (C=O) groups is 2. The highest BCUT2D eigenvalue weighted by Crippen LogP contribution is 2.31. The van der Waals surface area contributed by atoms with E-state index in [1.807, 2.05) is 30.3 Å². The standard InChI is InChI=1S/C26H37N5O4S/c1-29-19-25(28-20-29)36(34,35)31-16-7-15-30(26(33)13-12-21-8-5-6-9-21)17-14-27-24(32)18-23(31)22-10-3-2-4-11-22/h2-4,10-11,19-21,23H,5-9,12-18H2,1H3,(H,27,32). The topological polar surface area (TPSA) is 105 Å². The van der Waals surface area contributed by atoms with Gasteiger partial charge in [0.1, 0.15) is 0 Å². The lowest BCUT2D eigenvalue weighted by Gasteiger charge is -2.30. The van der Waals surface area contributed by atoms with E-state index in [1.165, 1.54) is 42.5 Å². The Morgan fingerprint density at radius 2 is 1.83 bits per heavy atom. The predicted octanol–water partition coefficient (Wildman–Crippen LogP) is 2.86. The molecule has 1 aliphatic carbocycles. The Morgan fingerprint density at radius 3 is 2.53 bits per heavy atom. The van der Waals surface area contributed by atoms with E-state index in [-0.39, 0.29) is 29.8 Å². The van der Waals surface area contributed by atoms with Gasteiger partial charge in [-0.05, 0) is 24.3 Å². The van der Waals surface area contributed by atoms with Crippen molar-refractivity contribution in [2.75, 3.05) is 26.2 Å². The van der Waals surface area contributed by atoms with E-state index < -0.39 is 16.1 Å². The van der Waals surface area contributed by atoms with Crippen molar-refractivity contribution in [3.8, 4) is 0 Å². The van der Waals surface area contributed by atoms with Crippen LogP contribution in [0.1, 0.15) is 63.0 Å². The summed E-state index contributed by atoms with van der Waals surface area (Å²) in [5.74, 6) is 0.461. The van der Waals surface area contributed by atoms with Crippen molar-refractivity contribution in [3.63, 3.8) is 0 Å². The van der Waals surface area contributed by atoms with Crippen LogP contribution >= 0.6 is 0 Å². The number of aromatic nitrogens is 2. The fourth-order valence-electron chi connectivity index (χ4n) is 5.29.